The van der Waals surface area contributed by atoms with Crippen molar-refractivity contribution in [2.24, 2.45) is 0 Å². The number of hydrogen-bond donors (Lipinski definition) is 1. The van der Waals surface area contributed by atoms with E-state index < -0.39 is 0 Å². The first-order valence-electron chi connectivity index (χ1n) is 10.9. The number of ether oxygens (including phenoxy) is 2. The summed E-state index contributed by atoms with van der Waals surface area (Å²) in [6, 6.07) is 15.4. The fourth-order valence-corrected chi connectivity index (χ4v) is 4.44. The van der Waals surface area contributed by atoms with Gasteiger partial charge < -0.3 is 19.5 Å². The van der Waals surface area contributed by atoms with Crippen LogP contribution < -0.4 is 4.74 Å². The first-order chi connectivity index (χ1) is 15.2. The Morgan fingerprint density at radius 3 is 2.61 bits per heavy atom. The summed E-state index contributed by atoms with van der Waals surface area (Å²) in [6.07, 6.45) is 4.98. The van der Waals surface area contributed by atoms with Crippen molar-refractivity contribution in [2.75, 3.05) is 19.7 Å². The Balaban J connectivity index is 1.21. The molecule has 31 heavy (non-hydrogen) atoms. The number of phenolic OH excluding ortho intramolecular Hbond substituents is 1. The molecule has 2 saturated heterocycles. The number of piperidine rings is 1. The number of likely N-dealkylation sites (tertiary alicyclic amines) is 1. The minimum atomic E-state index is -0.244. The highest BCUT2D eigenvalue weighted by Gasteiger charge is 2.31. The van der Waals surface area contributed by atoms with Crippen LogP contribution in [0.25, 0.3) is 22.0 Å². The van der Waals surface area contributed by atoms with Gasteiger partial charge in [0.2, 0.25) is 0 Å². The first kappa shape index (κ1) is 19.8. The smallest absolute Gasteiger partial charge is 0.251 e. The number of nitrogens with zero attached hydrogens (tertiary/aromatic N) is 2. The van der Waals surface area contributed by atoms with Crippen LogP contribution in [0.1, 0.15) is 25.7 Å². The van der Waals surface area contributed by atoms with Gasteiger partial charge in [0.05, 0.1) is 0 Å². The summed E-state index contributed by atoms with van der Waals surface area (Å²) < 4.78 is 11.7. The van der Waals surface area contributed by atoms with Gasteiger partial charge in [-0.2, -0.15) is 0 Å². The molecule has 1 N–H and O–H groups in total. The van der Waals surface area contributed by atoms with Gasteiger partial charge in [-0.3, -0.25) is 9.78 Å². The number of amides is 1. The number of hydrogen-bond acceptors (Lipinski definition) is 5. The summed E-state index contributed by atoms with van der Waals surface area (Å²) in [7, 11) is 0. The van der Waals surface area contributed by atoms with Crippen LogP contribution in [0.4, 0.5) is 0 Å². The number of aromatic nitrogens is 1. The number of carbonyl (C=O) groups is 1. The van der Waals surface area contributed by atoms with Gasteiger partial charge in [-0.05, 0) is 42.7 Å². The molecule has 2 aromatic carbocycles. The first-order valence-corrected chi connectivity index (χ1v) is 10.9. The number of carbonyl (C=O) groups excluding carboxylic acids is 1. The molecular weight excluding hydrogens is 392 g/mol. The molecule has 5 rings (SSSR count). The van der Waals surface area contributed by atoms with E-state index >= 15 is 0 Å². The van der Waals surface area contributed by atoms with E-state index in [4.69, 9.17) is 9.47 Å². The molecule has 1 aromatic heterocycles. The highest BCUT2D eigenvalue weighted by Crippen LogP contribution is 2.35. The Morgan fingerprint density at radius 1 is 1.06 bits per heavy atom. The zero-order valence-corrected chi connectivity index (χ0v) is 17.4. The standard InChI is InChI=1S/C25H26N2O4/c28-24-21(10-7-18-3-1-13-26-23(18)24)17-5-8-19(9-6-17)31-20-11-14-27(15-12-20)25(29)22-4-2-16-30-22/h1,3,5-10,13,20,22,28H,2,4,11-12,14-16H2/t22-/m1/s1. The van der Waals surface area contributed by atoms with E-state index in [9.17, 15) is 9.90 Å². The third-order valence-electron chi connectivity index (χ3n) is 6.17. The highest BCUT2D eigenvalue weighted by atomic mass is 16.5. The second-order valence-corrected chi connectivity index (χ2v) is 8.21. The molecule has 6 nitrogen and oxygen atoms in total. The third kappa shape index (κ3) is 4.08. The highest BCUT2D eigenvalue weighted by molar-refractivity contribution is 5.91. The maximum absolute atomic E-state index is 12.5. The fourth-order valence-electron chi connectivity index (χ4n) is 4.44. The quantitative estimate of drug-likeness (QED) is 0.689. The topological polar surface area (TPSA) is 71.9 Å². The van der Waals surface area contributed by atoms with Gasteiger partial charge in [0, 0.05) is 49.7 Å². The van der Waals surface area contributed by atoms with Gasteiger partial charge in [-0.15, -0.1) is 0 Å². The minimum Gasteiger partial charge on any atom is -0.505 e. The number of pyridine rings is 1. The molecule has 0 spiro atoms. The molecule has 0 aliphatic carbocycles. The average molecular weight is 418 g/mol. The fraction of sp³-hybridized carbons (Fsp3) is 0.360. The van der Waals surface area contributed by atoms with Gasteiger partial charge in [0.15, 0.2) is 0 Å². The van der Waals surface area contributed by atoms with E-state index in [-0.39, 0.29) is 23.9 Å². The van der Waals surface area contributed by atoms with E-state index in [1.165, 1.54) is 0 Å². The largest absolute Gasteiger partial charge is 0.505 e. The molecule has 2 aliphatic heterocycles. The number of fused-ring (bicyclic) bond motifs is 1. The molecule has 160 valence electrons. The van der Waals surface area contributed by atoms with E-state index in [2.05, 4.69) is 4.98 Å². The van der Waals surface area contributed by atoms with Gasteiger partial charge >= 0.3 is 0 Å². The van der Waals surface area contributed by atoms with Crippen molar-refractivity contribution in [3.05, 3.63) is 54.7 Å². The van der Waals surface area contributed by atoms with Crippen LogP contribution >= 0.6 is 0 Å². The Hall–Kier alpha value is -3.12. The van der Waals surface area contributed by atoms with E-state index in [0.29, 0.717) is 25.2 Å². The summed E-state index contributed by atoms with van der Waals surface area (Å²) in [5.41, 5.74) is 2.26. The van der Waals surface area contributed by atoms with Crippen molar-refractivity contribution in [1.29, 1.82) is 0 Å². The minimum absolute atomic E-state index is 0.0951. The van der Waals surface area contributed by atoms with Crippen molar-refractivity contribution >= 4 is 16.8 Å². The predicted octanol–water partition coefficient (Wildman–Crippen LogP) is 4.16. The van der Waals surface area contributed by atoms with Gasteiger partial charge in [-0.1, -0.05) is 24.3 Å². The van der Waals surface area contributed by atoms with Gasteiger partial charge in [0.1, 0.15) is 29.2 Å². The lowest BCUT2D eigenvalue weighted by Crippen LogP contribution is -2.45. The van der Waals surface area contributed by atoms with Crippen molar-refractivity contribution in [2.45, 2.75) is 37.9 Å². The van der Waals surface area contributed by atoms with Crippen LogP contribution in [0, 0.1) is 0 Å². The summed E-state index contributed by atoms with van der Waals surface area (Å²) in [4.78, 5) is 18.7. The summed E-state index contributed by atoms with van der Waals surface area (Å²) in [6.45, 7) is 2.11. The number of aromatic hydroxyl groups is 1. The monoisotopic (exact) mass is 418 g/mol. The summed E-state index contributed by atoms with van der Waals surface area (Å²) in [5, 5.41) is 11.6. The van der Waals surface area contributed by atoms with Crippen LogP contribution in [0.3, 0.4) is 0 Å². The Labute approximate surface area is 181 Å². The second-order valence-electron chi connectivity index (χ2n) is 8.21. The second kappa shape index (κ2) is 8.55. The van der Waals surface area contributed by atoms with Crippen molar-refractivity contribution in [1.82, 2.24) is 9.88 Å². The lowest BCUT2D eigenvalue weighted by molar-refractivity contribution is -0.142. The van der Waals surface area contributed by atoms with Crippen molar-refractivity contribution < 1.29 is 19.4 Å². The van der Waals surface area contributed by atoms with E-state index in [1.54, 1.807) is 6.20 Å². The van der Waals surface area contributed by atoms with Gasteiger partial charge in [0.25, 0.3) is 5.91 Å². The number of phenols is 1. The zero-order chi connectivity index (χ0) is 21.2. The number of rotatable bonds is 4. The Kier molecular flexibility index (Phi) is 5.47. The molecule has 1 atom stereocenters. The third-order valence-corrected chi connectivity index (χ3v) is 6.17. The van der Waals surface area contributed by atoms with Crippen molar-refractivity contribution in [3.63, 3.8) is 0 Å². The molecule has 0 saturated carbocycles. The molecule has 0 unspecified atom stereocenters. The van der Waals surface area contributed by atoms with E-state index in [1.807, 2.05) is 53.4 Å². The molecular formula is C25H26N2O4. The zero-order valence-electron chi connectivity index (χ0n) is 17.4. The molecule has 1 amide bonds. The molecule has 3 aromatic rings. The van der Waals surface area contributed by atoms with Crippen LogP contribution in [0.2, 0.25) is 0 Å². The molecule has 0 radical (unpaired) electrons. The van der Waals surface area contributed by atoms with Gasteiger partial charge in [-0.25, -0.2) is 0 Å². The Morgan fingerprint density at radius 2 is 1.87 bits per heavy atom. The Bertz CT molecular complexity index is 1070. The van der Waals surface area contributed by atoms with Crippen LogP contribution in [-0.4, -0.2) is 52.8 Å². The molecule has 2 fully saturated rings. The van der Waals surface area contributed by atoms with Crippen LogP contribution in [-0.2, 0) is 9.53 Å². The molecule has 0 bridgehead atoms. The average Bonchev–Trinajstić information content (AvgIpc) is 3.35. The summed E-state index contributed by atoms with van der Waals surface area (Å²) in [5.74, 6) is 1.12. The van der Waals surface area contributed by atoms with Crippen LogP contribution in [0.15, 0.2) is 54.7 Å². The lowest BCUT2D eigenvalue weighted by Gasteiger charge is -2.33. The van der Waals surface area contributed by atoms with Crippen molar-refractivity contribution in [3.8, 4) is 22.6 Å². The molecule has 2 aliphatic rings. The van der Waals surface area contributed by atoms with E-state index in [0.717, 1.165) is 47.9 Å². The van der Waals surface area contributed by atoms with Crippen LogP contribution in [0.5, 0.6) is 11.5 Å². The SMILES string of the molecule is O=C([C@H]1CCCO1)N1CCC(Oc2ccc(-c3ccc4cccnc4c3O)cc2)CC1. The predicted molar refractivity (Wildman–Crippen MR) is 118 cm³/mol. The lowest BCUT2D eigenvalue weighted by atomic mass is 10.0. The summed E-state index contributed by atoms with van der Waals surface area (Å²) >= 11 is 0. The number of benzene rings is 2. The normalized spacial score (nSPS) is 19.6. The maximum Gasteiger partial charge on any atom is 0.251 e. The molecule has 3 heterocycles. The maximum atomic E-state index is 12.5. The molecule has 6 heteroatoms.